The van der Waals surface area contributed by atoms with Gasteiger partial charge in [-0.15, -0.1) is 0 Å². The molecule has 0 aliphatic carbocycles. The van der Waals surface area contributed by atoms with E-state index in [1.807, 2.05) is 37.3 Å². The van der Waals surface area contributed by atoms with Gasteiger partial charge in [-0.3, -0.25) is 0 Å². The third-order valence-corrected chi connectivity index (χ3v) is 3.60. The number of thiazole rings is 1. The molecule has 3 aromatic rings. The second kappa shape index (κ2) is 4.34. The molecule has 2 heterocycles. The Morgan fingerprint density at radius 3 is 3.00 bits per heavy atom. The second-order valence-electron chi connectivity index (χ2n) is 4.11. The number of nitrogen functional groups attached to an aromatic ring is 1. The maximum absolute atomic E-state index is 5.74. The van der Waals surface area contributed by atoms with E-state index >= 15 is 0 Å². The van der Waals surface area contributed by atoms with Gasteiger partial charge in [-0.1, -0.05) is 11.3 Å². The van der Waals surface area contributed by atoms with E-state index in [-0.39, 0.29) is 0 Å². The minimum absolute atomic E-state index is 0.642. The number of benzene rings is 1. The first-order valence-electron chi connectivity index (χ1n) is 5.66. The molecule has 92 valence electrons. The molecule has 18 heavy (non-hydrogen) atoms. The molecule has 2 aromatic heterocycles. The third-order valence-electron chi connectivity index (χ3n) is 2.62. The number of nitrogens with one attached hydrogen (secondary N) is 1. The van der Waals surface area contributed by atoms with Gasteiger partial charge in [0.1, 0.15) is 11.5 Å². The van der Waals surface area contributed by atoms with Crippen molar-refractivity contribution in [1.82, 2.24) is 4.98 Å². The fourth-order valence-electron chi connectivity index (χ4n) is 1.76. The Hall–Kier alpha value is -2.01. The van der Waals surface area contributed by atoms with Crippen LogP contribution in [0.15, 0.2) is 34.7 Å². The highest BCUT2D eigenvalue weighted by Gasteiger charge is 2.05. The van der Waals surface area contributed by atoms with Gasteiger partial charge in [0.15, 0.2) is 5.13 Å². The normalized spacial score (nSPS) is 10.9. The van der Waals surface area contributed by atoms with E-state index in [9.17, 15) is 0 Å². The van der Waals surface area contributed by atoms with E-state index in [4.69, 9.17) is 10.2 Å². The standard InChI is InChI=1S/C13H13N3OS/c1-8-2-4-10(17-8)7-15-13-16-11-5-3-9(14)6-12(11)18-13/h2-6H,7,14H2,1H3,(H,15,16). The molecular formula is C13H13N3OS. The van der Waals surface area contributed by atoms with Crippen molar-refractivity contribution in [2.75, 3.05) is 11.1 Å². The molecule has 3 rings (SSSR count). The molecule has 0 atom stereocenters. The van der Waals surface area contributed by atoms with Gasteiger partial charge in [-0.05, 0) is 37.3 Å². The number of furan rings is 1. The van der Waals surface area contributed by atoms with Gasteiger partial charge in [0.05, 0.1) is 16.8 Å². The van der Waals surface area contributed by atoms with E-state index in [0.29, 0.717) is 6.54 Å². The van der Waals surface area contributed by atoms with Gasteiger partial charge in [-0.2, -0.15) is 0 Å². The average Bonchev–Trinajstić information content (AvgIpc) is 2.92. The second-order valence-corrected chi connectivity index (χ2v) is 5.14. The Labute approximate surface area is 108 Å². The monoisotopic (exact) mass is 259 g/mol. The summed E-state index contributed by atoms with van der Waals surface area (Å²) in [6.45, 7) is 2.58. The summed E-state index contributed by atoms with van der Waals surface area (Å²) in [5, 5.41) is 4.14. The molecule has 0 saturated carbocycles. The number of aryl methyl sites for hydroxylation is 1. The van der Waals surface area contributed by atoms with Crippen molar-refractivity contribution in [1.29, 1.82) is 0 Å². The first-order chi connectivity index (χ1) is 8.70. The minimum atomic E-state index is 0.642. The number of anilines is 2. The van der Waals surface area contributed by atoms with Crippen LogP contribution in [0, 0.1) is 6.92 Å². The van der Waals surface area contributed by atoms with E-state index in [0.717, 1.165) is 32.6 Å². The van der Waals surface area contributed by atoms with Crippen molar-refractivity contribution in [2.45, 2.75) is 13.5 Å². The van der Waals surface area contributed by atoms with Crippen LogP contribution in [0.5, 0.6) is 0 Å². The van der Waals surface area contributed by atoms with Gasteiger partial charge >= 0.3 is 0 Å². The zero-order valence-electron chi connectivity index (χ0n) is 9.93. The zero-order valence-corrected chi connectivity index (χ0v) is 10.8. The Morgan fingerprint density at radius 2 is 2.22 bits per heavy atom. The molecule has 0 saturated heterocycles. The lowest BCUT2D eigenvalue weighted by Gasteiger charge is -1.97. The molecule has 1 aromatic carbocycles. The summed E-state index contributed by atoms with van der Waals surface area (Å²) < 4.78 is 6.58. The summed E-state index contributed by atoms with van der Waals surface area (Å²) in [6.07, 6.45) is 0. The highest BCUT2D eigenvalue weighted by atomic mass is 32.1. The van der Waals surface area contributed by atoms with Gasteiger partial charge in [0.2, 0.25) is 0 Å². The predicted octanol–water partition coefficient (Wildman–Crippen LogP) is 3.39. The number of nitrogens with zero attached hydrogens (tertiary/aromatic N) is 1. The summed E-state index contributed by atoms with van der Waals surface area (Å²) in [5.41, 5.74) is 7.47. The lowest BCUT2D eigenvalue weighted by molar-refractivity contribution is 0.490. The molecule has 0 spiro atoms. The first-order valence-corrected chi connectivity index (χ1v) is 6.47. The average molecular weight is 259 g/mol. The number of fused-ring (bicyclic) bond motifs is 1. The fourth-order valence-corrected chi connectivity index (χ4v) is 2.67. The molecule has 0 fully saturated rings. The largest absolute Gasteiger partial charge is 0.465 e. The van der Waals surface area contributed by atoms with Crippen LogP contribution in [0.25, 0.3) is 10.2 Å². The number of rotatable bonds is 3. The minimum Gasteiger partial charge on any atom is -0.465 e. The van der Waals surface area contributed by atoms with Crippen LogP contribution in [-0.2, 0) is 6.54 Å². The Morgan fingerprint density at radius 1 is 1.33 bits per heavy atom. The van der Waals surface area contributed by atoms with Crippen molar-refractivity contribution in [3.63, 3.8) is 0 Å². The maximum atomic E-state index is 5.74. The molecule has 0 radical (unpaired) electrons. The number of hydrogen-bond acceptors (Lipinski definition) is 5. The van der Waals surface area contributed by atoms with Gasteiger partial charge in [-0.25, -0.2) is 4.98 Å². The Bertz CT molecular complexity index is 686. The van der Waals surface area contributed by atoms with Crippen molar-refractivity contribution >= 4 is 32.4 Å². The molecule has 4 nitrogen and oxygen atoms in total. The molecule has 3 N–H and O–H groups in total. The van der Waals surface area contributed by atoms with Crippen molar-refractivity contribution in [3.8, 4) is 0 Å². The summed E-state index contributed by atoms with van der Waals surface area (Å²) >= 11 is 1.59. The first kappa shape index (κ1) is 11.1. The van der Waals surface area contributed by atoms with Crippen molar-refractivity contribution < 1.29 is 4.42 Å². The van der Waals surface area contributed by atoms with Gasteiger partial charge in [0.25, 0.3) is 0 Å². The summed E-state index contributed by atoms with van der Waals surface area (Å²) in [7, 11) is 0. The quantitative estimate of drug-likeness (QED) is 0.708. The summed E-state index contributed by atoms with van der Waals surface area (Å²) in [5.74, 6) is 1.83. The van der Waals surface area contributed by atoms with Crippen LogP contribution in [-0.4, -0.2) is 4.98 Å². The van der Waals surface area contributed by atoms with Crippen LogP contribution in [0.4, 0.5) is 10.8 Å². The molecule has 0 aliphatic heterocycles. The SMILES string of the molecule is Cc1ccc(CNc2nc3ccc(N)cc3s2)o1. The smallest absolute Gasteiger partial charge is 0.184 e. The number of hydrogen-bond donors (Lipinski definition) is 2. The van der Waals surface area contributed by atoms with Gasteiger partial charge < -0.3 is 15.5 Å². The van der Waals surface area contributed by atoms with Crippen molar-refractivity contribution in [3.05, 3.63) is 41.9 Å². The molecule has 5 heteroatoms. The van der Waals surface area contributed by atoms with Crippen LogP contribution in [0.1, 0.15) is 11.5 Å². The van der Waals surface area contributed by atoms with E-state index < -0.39 is 0 Å². The number of nitrogens with two attached hydrogens (primary N) is 1. The van der Waals surface area contributed by atoms with Crippen LogP contribution in [0.3, 0.4) is 0 Å². The molecule has 0 bridgehead atoms. The Kier molecular flexibility index (Phi) is 2.68. The summed E-state index contributed by atoms with van der Waals surface area (Å²) in [4.78, 5) is 4.49. The van der Waals surface area contributed by atoms with Crippen molar-refractivity contribution in [2.24, 2.45) is 0 Å². The number of aromatic nitrogens is 1. The maximum Gasteiger partial charge on any atom is 0.184 e. The lowest BCUT2D eigenvalue weighted by atomic mass is 10.3. The molecule has 0 aliphatic rings. The topological polar surface area (TPSA) is 64.1 Å². The van der Waals surface area contributed by atoms with Crippen LogP contribution in [0.2, 0.25) is 0 Å². The molecular weight excluding hydrogens is 246 g/mol. The highest BCUT2D eigenvalue weighted by Crippen LogP contribution is 2.27. The third kappa shape index (κ3) is 2.17. The van der Waals surface area contributed by atoms with E-state index in [1.165, 1.54) is 0 Å². The van der Waals surface area contributed by atoms with Gasteiger partial charge in [0, 0.05) is 5.69 Å². The van der Waals surface area contributed by atoms with E-state index in [1.54, 1.807) is 11.3 Å². The van der Waals surface area contributed by atoms with Crippen LogP contribution < -0.4 is 11.1 Å². The summed E-state index contributed by atoms with van der Waals surface area (Å²) in [6, 6.07) is 9.66. The molecule has 0 amide bonds. The fraction of sp³-hybridized carbons (Fsp3) is 0.154. The van der Waals surface area contributed by atoms with E-state index in [2.05, 4.69) is 10.3 Å². The zero-order chi connectivity index (χ0) is 12.5. The van der Waals surface area contributed by atoms with Crippen LogP contribution >= 0.6 is 11.3 Å². The molecule has 0 unspecified atom stereocenters. The predicted molar refractivity (Wildman–Crippen MR) is 74.8 cm³/mol. The highest BCUT2D eigenvalue weighted by molar-refractivity contribution is 7.22. The Balaban J connectivity index is 1.78. The lowest BCUT2D eigenvalue weighted by Crippen LogP contribution is -1.96.